The van der Waals surface area contributed by atoms with Gasteiger partial charge in [-0.2, -0.15) is 0 Å². The molecule has 0 aliphatic carbocycles. The summed E-state index contributed by atoms with van der Waals surface area (Å²) in [4.78, 5) is 10.2. The number of aromatic nitrogens is 2. The van der Waals surface area contributed by atoms with E-state index in [9.17, 15) is 0 Å². The highest BCUT2D eigenvalue weighted by Crippen LogP contribution is 2.27. The summed E-state index contributed by atoms with van der Waals surface area (Å²) in [7, 11) is 0. The number of nitrogens with one attached hydrogen (secondary N) is 1. The van der Waals surface area contributed by atoms with Crippen molar-refractivity contribution in [1.29, 1.82) is 0 Å². The number of rotatable bonds is 3. The van der Waals surface area contributed by atoms with Gasteiger partial charge in [0.15, 0.2) is 0 Å². The number of pyridine rings is 1. The van der Waals surface area contributed by atoms with Gasteiger partial charge in [0.05, 0.1) is 28.1 Å². The molecular weight excluding hydrogens is 262 g/mol. The molecule has 0 unspecified atom stereocenters. The molecule has 0 amide bonds. The number of thiazole rings is 1. The quantitative estimate of drug-likeness (QED) is 0.785. The van der Waals surface area contributed by atoms with Crippen molar-refractivity contribution in [1.82, 2.24) is 9.97 Å². The topological polar surface area (TPSA) is 37.8 Å². The van der Waals surface area contributed by atoms with Crippen molar-refractivity contribution < 1.29 is 0 Å². The highest BCUT2D eigenvalue weighted by atomic mass is 32.1. The fraction of sp³-hybridized carbons (Fsp3) is 0.231. The lowest BCUT2D eigenvalue weighted by Crippen LogP contribution is -1.99. The Kier molecular flexibility index (Phi) is 3.01. The zero-order valence-electron chi connectivity index (χ0n) is 10.2. The molecule has 0 aromatic carbocycles. The molecule has 0 saturated heterocycles. The lowest BCUT2D eigenvalue weighted by molar-refractivity contribution is 1.07. The lowest BCUT2D eigenvalue weighted by atomic mass is 10.3. The second-order valence-corrected chi connectivity index (χ2v) is 6.30. The van der Waals surface area contributed by atoms with Gasteiger partial charge in [0.1, 0.15) is 5.01 Å². The molecule has 1 N–H and O–H groups in total. The lowest BCUT2D eigenvalue weighted by Gasteiger charge is -2.04. The standard InChI is InChI=1S/C13H13N3S2/c1-8-9(2)18-12(16-8)7-15-10-3-5-14-11-4-6-17-13(10)11/h3-6H,7H2,1-2H3,(H,14,15). The number of hydrogen-bond acceptors (Lipinski definition) is 5. The molecule has 5 heteroatoms. The van der Waals surface area contributed by atoms with Gasteiger partial charge >= 0.3 is 0 Å². The van der Waals surface area contributed by atoms with Gasteiger partial charge in [0.2, 0.25) is 0 Å². The normalized spacial score (nSPS) is 11.0. The zero-order valence-corrected chi connectivity index (χ0v) is 11.9. The smallest absolute Gasteiger partial charge is 0.112 e. The van der Waals surface area contributed by atoms with Crippen LogP contribution in [0.2, 0.25) is 0 Å². The van der Waals surface area contributed by atoms with E-state index in [0.29, 0.717) is 0 Å². The summed E-state index contributed by atoms with van der Waals surface area (Å²) in [6, 6.07) is 4.06. The number of aryl methyl sites for hydroxylation is 2. The summed E-state index contributed by atoms with van der Waals surface area (Å²) in [5.74, 6) is 0. The van der Waals surface area contributed by atoms with Crippen LogP contribution in [0.5, 0.6) is 0 Å². The van der Waals surface area contributed by atoms with Crippen molar-refractivity contribution in [2.24, 2.45) is 0 Å². The Balaban J connectivity index is 1.82. The third-order valence-corrected chi connectivity index (χ3v) is 4.86. The summed E-state index contributed by atoms with van der Waals surface area (Å²) in [6.45, 7) is 4.94. The maximum absolute atomic E-state index is 4.54. The third-order valence-electron chi connectivity index (χ3n) is 2.85. The first-order valence-electron chi connectivity index (χ1n) is 5.73. The summed E-state index contributed by atoms with van der Waals surface area (Å²) in [6.07, 6.45) is 1.84. The van der Waals surface area contributed by atoms with Crippen LogP contribution in [0.25, 0.3) is 10.2 Å². The Hall–Kier alpha value is -1.46. The molecule has 92 valence electrons. The van der Waals surface area contributed by atoms with E-state index in [1.165, 1.54) is 9.58 Å². The average molecular weight is 275 g/mol. The zero-order chi connectivity index (χ0) is 12.5. The Morgan fingerprint density at radius 2 is 2.17 bits per heavy atom. The molecule has 3 heterocycles. The molecule has 0 spiro atoms. The molecule has 3 aromatic rings. The molecule has 3 nitrogen and oxygen atoms in total. The van der Waals surface area contributed by atoms with Crippen molar-refractivity contribution in [3.8, 4) is 0 Å². The largest absolute Gasteiger partial charge is 0.377 e. The van der Waals surface area contributed by atoms with Gasteiger partial charge in [-0.3, -0.25) is 4.98 Å². The maximum Gasteiger partial charge on any atom is 0.112 e. The molecule has 0 atom stereocenters. The fourth-order valence-electron chi connectivity index (χ4n) is 1.80. The highest BCUT2D eigenvalue weighted by molar-refractivity contribution is 7.17. The Labute approximate surface area is 114 Å². The molecule has 0 aliphatic rings. The van der Waals surface area contributed by atoms with Gasteiger partial charge in [0.25, 0.3) is 0 Å². The number of anilines is 1. The van der Waals surface area contributed by atoms with Crippen molar-refractivity contribution in [2.45, 2.75) is 20.4 Å². The molecule has 0 saturated carbocycles. The summed E-state index contributed by atoms with van der Waals surface area (Å²) in [5, 5.41) is 6.65. The van der Waals surface area contributed by atoms with E-state index in [2.05, 4.69) is 34.5 Å². The van der Waals surface area contributed by atoms with Crippen LogP contribution in [0, 0.1) is 13.8 Å². The van der Waals surface area contributed by atoms with E-state index in [-0.39, 0.29) is 0 Å². The predicted octanol–water partition coefficient (Wildman–Crippen LogP) is 3.98. The Morgan fingerprint density at radius 3 is 2.94 bits per heavy atom. The second-order valence-electron chi connectivity index (χ2n) is 4.10. The number of thiophene rings is 1. The van der Waals surface area contributed by atoms with Crippen LogP contribution >= 0.6 is 22.7 Å². The predicted molar refractivity (Wildman–Crippen MR) is 78.5 cm³/mol. The molecule has 0 aliphatic heterocycles. The molecular formula is C13H13N3S2. The highest BCUT2D eigenvalue weighted by Gasteiger charge is 2.06. The van der Waals surface area contributed by atoms with E-state index in [1.807, 2.05) is 18.3 Å². The SMILES string of the molecule is Cc1nc(CNc2ccnc3ccsc23)sc1C. The van der Waals surface area contributed by atoms with Crippen molar-refractivity contribution in [2.75, 3.05) is 5.32 Å². The average Bonchev–Trinajstić information content (AvgIpc) is 2.94. The minimum absolute atomic E-state index is 0.774. The maximum atomic E-state index is 4.54. The molecule has 18 heavy (non-hydrogen) atoms. The monoisotopic (exact) mass is 275 g/mol. The first kappa shape index (κ1) is 11.6. The number of nitrogens with zero attached hydrogens (tertiary/aromatic N) is 2. The van der Waals surface area contributed by atoms with Gasteiger partial charge in [-0.05, 0) is 31.4 Å². The first-order chi connectivity index (χ1) is 8.74. The summed E-state index contributed by atoms with van der Waals surface area (Å²) in [5.41, 5.74) is 3.32. The Bertz CT molecular complexity index is 665. The van der Waals surface area contributed by atoms with Crippen LogP contribution in [-0.4, -0.2) is 9.97 Å². The van der Waals surface area contributed by atoms with Crippen molar-refractivity contribution in [3.63, 3.8) is 0 Å². The number of hydrogen-bond donors (Lipinski definition) is 1. The molecule has 0 radical (unpaired) electrons. The van der Waals surface area contributed by atoms with Crippen LogP contribution in [0.3, 0.4) is 0 Å². The van der Waals surface area contributed by atoms with Crippen LogP contribution in [0.4, 0.5) is 5.69 Å². The minimum Gasteiger partial charge on any atom is -0.377 e. The minimum atomic E-state index is 0.774. The van der Waals surface area contributed by atoms with E-state index in [1.54, 1.807) is 22.7 Å². The van der Waals surface area contributed by atoms with Gasteiger partial charge in [-0.1, -0.05) is 0 Å². The summed E-state index contributed by atoms with van der Waals surface area (Å²) < 4.78 is 1.21. The number of fused-ring (bicyclic) bond motifs is 1. The molecule has 3 rings (SSSR count). The van der Waals surface area contributed by atoms with Crippen LogP contribution < -0.4 is 5.32 Å². The Morgan fingerprint density at radius 1 is 1.28 bits per heavy atom. The van der Waals surface area contributed by atoms with E-state index >= 15 is 0 Å². The third kappa shape index (κ3) is 2.11. The van der Waals surface area contributed by atoms with Gasteiger partial charge in [-0.15, -0.1) is 22.7 Å². The van der Waals surface area contributed by atoms with Crippen LogP contribution in [0.15, 0.2) is 23.7 Å². The fourth-order valence-corrected chi connectivity index (χ4v) is 3.51. The van der Waals surface area contributed by atoms with E-state index in [0.717, 1.165) is 28.5 Å². The van der Waals surface area contributed by atoms with Crippen molar-refractivity contribution >= 4 is 38.6 Å². The second kappa shape index (κ2) is 4.66. The molecule has 0 bridgehead atoms. The van der Waals surface area contributed by atoms with Crippen LogP contribution in [-0.2, 0) is 6.54 Å². The van der Waals surface area contributed by atoms with Gasteiger partial charge < -0.3 is 5.32 Å². The first-order valence-corrected chi connectivity index (χ1v) is 7.42. The van der Waals surface area contributed by atoms with E-state index in [4.69, 9.17) is 0 Å². The van der Waals surface area contributed by atoms with Gasteiger partial charge in [-0.25, -0.2) is 4.98 Å². The van der Waals surface area contributed by atoms with E-state index < -0.39 is 0 Å². The molecule has 0 fully saturated rings. The van der Waals surface area contributed by atoms with Gasteiger partial charge in [0, 0.05) is 11.1 Å². The van der Waals surface area contributed by atoms with Crippen LogP contribution in [0.1, 0.15) is 15.6 Å². The van der Waals surface area contributed by atoms with Crippen molar-refractivity contribution in [3.05, 3.63) is 39.3 Å². The summed E-state index contributed by atoms with van der Waals surface area (Å²) >= 11 is 3.47. The molecule has 3 aromatic heterocycles.